The van der Waals surface area contributed by atoms with Crippen LogP contribution in [0.3, 0.4) is 0 Å². The zero-order chi connectivity index (χ0) is 16.5. The largest absolute Gasteiger partial charge is 0.454 e. The standard InChI is InChI=1S/C18H12O6/c19-13(11-5-6-15-16(7-11)23-10-22-15)9-21-18(20)17-8-12-3-1-2-4-14(12)24-17/h1-8H,9-10H2. The third-order valence-electron chi connectivity index (χ3n) is 3.66. The van der Waals surface area contributed by atoms with Crippen LogP contribution in [0.25, 0.3) is 11.0 Å². The molecule has 1 aliphatic rings. The molecule has 6 nitrogen and oxygen atoms in total. The van der Waals surface area contributed by atoms with Gasteiger partial charge in [-0.25, -0.2) is 4.79 Å². The number of hydrogen-bond acceptors (Lipinski definition) is 6. The molecule has 6 heteroatoms. The first kappa shape index (κ1) is 14.3. The second-order valence-electron chi connectivity index (χ2n) is 5.22. The molecule has 0 N–H and O–H groups in total. The second-order valence-corrected chi connectivity index (χ2v) is 5.22. The monoisotopic (exact) mass is 324 g/mol. The van der Waals surface area contributed by atoms with E-state index in [9.17, 15) is 9.59 Å². The van der Waals surface area contributed by atoms with Crippen LogP contribution >= 0.6 is 0 Å². The molecule has 2 aromatic carbocycles. The van der Waals surface area contributed by atoms with Gasteiger partial charge in [0.1, 0.15) is 5.58 Å². The summed E-state index contributed by atoms with van der Waals surface area (Å²) in [5.74, 6) is 0.142. The number of para-hydroxylation sites is 1. The van der Waals surface area contributed by atoms with E-state index in [0.717, 1.165) is 5.39 Å². The number of carbonyl (C=O) groups is 2. The van der Waals surface area contributed by atoms with Crippen LogP contribution in [0.15, 0.2) is 52.9 Å². The van der Waals surface area contributed by atoms with Gasteiger partial charge in [-0.2, -0.15) is 0 Å². The quantitative estimate of drug-likeness (QED) is 0.542. The molecule has 0 unspecified atom stereocenters. The lowest BCUT2D eigenvalue weighted by atomic mass is 10.1. The molecule has 2 heterocycles. The van der Waals surface area contributed by atoms with Gasteiger partial charge < -0.3 is 18.6 Å². The van der Waals surface area contributed by atoms with Crippen LogP contribution < -0.4 is 9.47 Å². The fraction of sp³-hybridized carbons (Fsp3) is 0.111. The van der Waals surface area contributed by atoms with Gasteiger partial charge in [0.2, 0.25) is 12.6 Å². The molecule has 0 atom stereocenters. The summed E-state index contributed by atoms with van der Waals surface area (Å²) >= 11 is 0. The van der Waals surface area contributed by atoms with Crippen LogP contribution in [0.2, 0.25) is 0 Å². The van der Waals surface area contributed by atoms with Crippen molar-refractivity contribution in [2.24, 2.45) is 0 Å². The Kier molecular flexibility index (Phi) is 3.42. The van der Waals surface area contributed by atoms with Crippen molar-refractivity contribution in [3.05, 3.63) is 59.9 Å². The molecule has 3 aromatic rings. The Balaban J connectivity index is 1.44. The maximum Gasteiger partial charge on any atom is 0.374 e. The van der Waals surface area contributed by atoms with E-state index >= 15 is 0 Å². The fourth-order valence-electron chi connectivity index (χ4n) is 2.44. The average Bonchev–Trinajstić information content (AvgIpc) is 3.24. The molecule has 0 saturated heterocycles. The molecule has 1 aromatic heterocycles. The Bertz CT molecular complexity index is 907. The minimum absolute atomic E-state index is 0.0645. The van der Waals surface area contributed by atoms with Crippen molar-refractivity contribution in [3.63, 3.8) is 0 Å². The maximum atomic E-state index is 12.1. The summed E-state index contributed by atoms with van der Waals surface area (Å²) in [5.41, 5.74) is 0.975. The number of hydrogen-bond donors (Lipinski definition) is 0. The van der Waals surface area contributed by atoms with Gasteiger partial charge in [0.25, 0.3) is 0 Å². The number of benzene rings is 2. The Morgan fingerprint density at radius 2 is 1.83 bits per heavy atom. The number of fused-ring (bicyclic) bond motifs is 2. The van der Waals surface area contributed by atoms with Crippen molar-refractivity contribution >= 4 is 22.7 Å². The third kappa shape index (κ3) is 2.58. The van der Waals surface area contributed by atoms with E-state index in [2.05, 4.69) is 0 Å². The summed E-state index contributed by atoms with van der Waals surface area (Å²) in [6.07, 6.45) is 0. The molecule has 1 aliphatic heterocycles. The van der Waals surface area contributed by atoms with Gasteiger partial charge >= 0.3 is 5.97 Å². The Hall–Kier alpha value is -3.28. The van der Waals surface area contributed by atoms with E-state index in [4.69, 9.17) is 18.6 Å². The second kappa shape index (κ2) is 5.73. The zero-order valence-corrected chi connectivity index (χ0v) is 12.5. The number of esters is 1. The molecule has 4 rings (SSSR count). The summed E-state index contributed by atoms with van der Waals surface area (Å²) in [4.78, 5) is 24.2. The molecule has 120 valence electrons. The summed E-state index contributed by atoms with van der Waals surface area (Å²) in [7, 11) is 0. The molecule has 0 spiro atoms. The Labute approximate surface area is 136 Å². The highest BCUT2D eigenvalue weighted by Gasteiger charge is 2.19. The third-order valence-corrected chi connectivity index (χ3v) is 3.66. The lowest BCUT2D eigenvalue weighted by Crippen LogP contribution is -2.13. The first-order valence-corrected chi connectivity index (χ1v) is 7.29. The van der Waals surface area contributed by atoms with Crippen LogP contribution in [0.4, 0.5) is 0 Å². The minimum Gasteiger partial charge on any atom is -0.454 e. The Morgan fingerprint density at radius 1 is 1.00 bits per heavy atom. The SMILES string of the molecule is O=C(COC(=O)c1cc2ccccc2o1)c1ccc2c(c1)OCO2. The van der Waals surface area contributed by atoms with E-state index in [0.29, 0.717) is 22.6 Å². The number of ketones is 1. The average molecular weight is 324 g/mol. The minimum atomic E-state index is -0.680. The molecular formula is C18H12O6. The van der Waals surface area contributed by atoms with Gasteiger partial charge in [-0.15, -0.1) is 0 Å². The van der Waals surface area contributed by atoms with Gasteiger partial charge in [0.15, 0.2) is 23.9 Å². The molecular weight excluding hydrogens is 312 g/mol. The van der Waals surface area contributed by atoms with Gasteiger partial charge in [0.05, 0.1) is 0 Å². The summed E-state index contributed by atoms with van der Waals surface area (Å²) in [5, 5.41) is 0.798. The van der Waals surface area contributed by atoms with E-state index < -0.39 is 5.97 Å². The predicted molar refractivity (Wildman–Crippen MR) is 83.4 cm³/mol. The highest BCUT2D eigenvalue weighted by Crippen LogP contribution is 2.32. The highest BCUT2D eigenvalue weighted by atomic mass is 16.7. The lowest BCUT2D eigenvalue weighted by molar-refractivity contribution is 0.0446. The van der Waals surface area contributed by atoms with Gasteiger partial charge in [-0.3, -0.25) is 4.79 Å². The summed E-state index contributed by atoms with van der Waals surface area (Å²) < 4.78 is 20.9. The van der Waals surface area contributed by atoms with Gasteiger partial charge in [0, 0.05) is 10.9 Å². The topological polar surface area (TPSA) is 75.0 Å². The van der Waals surface area contributed by atoms with Crippen LogP contribution in [0.1, 0.15) is 20.9 Å². The Morgan fingerprint density at radius 3 is 2.71 bits per heavy atom. The van der Waals surface area contributed by atoms with Gasteiger partial charge in [-0.1, -0.05) is 18.2 Å². The smallest absolute Gasteiger partial charge is 0.374 e. The lowest BCUT2D eigenvalue weighted by Gasteiger charge is -2.03. The first-order chi connectivity index (χ1) is 11.7. The molecule has 24 heavy (non-hydrogen) atoms. The van der Waals surface area contributed by atoms with E-state index in [1.54, 1.807) is 30.3 Å². The summed E-state index contributed by atoms with van der Waals surface area (Å²) in [6.45, 7) is -0.246. The molecule has 0 fully saturated rings. The van der Waals surface area contributed by atoms with Crippen LogP contribution in [0, 0.1) is 0 Å². The number of Topliss-reactive ketones (excluding diaryl/α,β-unsaturated/α-hetero) is 1. The van der Waals surface area contributed by atoms with Crippen molar-refractivity contribution in [3.8, 4) is 11.5 Å². The van der Waals surface area contributed by atoms with Crippen molar-refractivity contribution in [1.82, 2.24) is 0 Å². The number of carbonyl (C=O) groups excluding carboxylic acids is 2. The highest BCUT2D eigenvalue weighted by molar-refractivity contribution is 6.00. The molecule has 0 radical (unpaired) electrons. The van der Waals surface area contributed by atoms with Crippen molar-refractivity contribution < 1.29 is 28.2 Å². The molecule has 0 amide bonds. The van der Waals surface area contributed by atoms with Gasteiger partial charge in [-0.05, 0) is 30.3 Å². The number of ether oxygens (including phenoxy) is 3. The van der Waals surface area contributed by atoms with E-state index in [-0.39, 0.29) is 24.9 Å². The van der Waals surface area contributed by atoms with Crippen LogP contribution in [-0.2, 0) is 4.74 Å². The van der Waals surface area contributed by atoms with Crippen LogP contribution in [-0.4, -0.2) is 25.2 Å². The van der Waals surface area contributed by atoms with E-state index in [1.807, 2.05) is 18.2 Å². The van der Waals surface area contributed by atoms with Crippen molar-refractivity contribution in [2.75, 3.05) is 13.4 Å². The normalized spacial score (nSPS) is 12.3. The number of rotatable bonds is 4. The van der Waals surface area contributed by atoms with Crippen molar-refractivity contribution in [1.29, 1.82) is 0 Å². The first-order valence-electron chi connectivity index (χ1n) is 7.29. The molecule has 0 bridgehead atoms. The van der Waals surface area contributed by atoms with E-state index in [1.165, 1.54) is 0 Å². The molecule has 0 aliphatic carbocycles. The summed E-state index contributed by atoms with van der Waals surface area (Å²) in [6, 6.07) is 13.6. The van der Waals surface area contributed by atoms with Crippen LogP contribution in [0.5, 0.6) is 11.5 Å². The fourth-order valence-corrected chi connectivity index (χ4v) is 2.44. The maximum absolute atomic E-state index is 12.1. The van der Waals surface area contributed by atoms with Crippen molar-refractivity contribution in [2.45, 2.75) is 0 Å². The molecule has 0 saturated carbocycles. The number of furan rings is 1. The predicted octanol–water partition coefficient (Wildman–Crippen LogP) is 3.20. The zero-order valence-electron chi connectivity index (χ0n) is 12.5.